The second kappa shape index (κ2) is 6.15. The molecule has 6 nitrogen and oxygen atoms in total. The van der Waals surface area contributed by atoms with Gasteiger partial charge in [0, 0.05) is 18.8 Å². The van der Waals surface area contributed by atoms with Crippen molar-refractivity contribution >= 4 is 16.9 Å². The third-order valence-corrected chi connectivity index (χ3v) is 3.93. The summed E-state index contributed by atoms with van der Waals surface area (Å²) in [4.78, 5) is 27.7. The Balaban J connectivity index is 1.89. The molecule has 0 bridgehead atoms. The summed E-state index contributed by atoms with van der Waals surface area (Å²) in [6.07, 6.45) is -1.60. The zero-order valence-electron chi connectivity index (χ0n) is 13.4. The Labute approximate surface area is 140 Å². The molecule has 0 fully saturated rings. The van der Waals surface area contributed by atoms with Gasteiger partial charge >= 0.3 is 6.18 Å². The number of carbonyl (C=O) groups excluding carboxylic acids is 1. The predicted molar refractivity (Wildman–Crippen MR) is 83.6 cm³/mol. The second-order valence-electron chi connectivity index (χ2n) is 5.54. The molecule has 3 rings (SSSR count). The molecule has 0 aliphatic rings. The van der Waals surface area contributed by atoms with Gasteiger partial charge in [0.25, 0.3) is 5.91 Å². The number of nitrogens with one attached hydrogen (secondary N) is 1. The van der Waals surface area contributed by atoms with Gasteiger partial charge in [0.15, 0.2) is 0 Å². The van der Waals surface area contributed by atoms with Crippen molar-refractivity contribution < 1.29 is 18.0 Å². The van der Waals surface area contributed by atoms with Gasteiger partial charge in [0.05, 0.1) is 22.8 Å². The molecule has 1 aromatic carbocycles. The largest absolute Gasteiger partial charge is 0.449 e. The lowest BCUT2D eigenvalue weighted by atomic mass is 10.1. The molecule has 1 amide bonds. The van der Waals surface area contributed by atoms with E-state index in [1.54, 1.807) is 26.2 Å². The van der Waals surface area contributed by atoms with E-state index >= 15 is 0 Å². The number of aromatic nitrogens is 4. The number of nitrogens with zero attached hydrogens (tertiary/aromatic N) is 4. The summed E-state index contributed by atoms with van der Waals surface area (Å²) in [6.45, 7) is 1.80. The number of hydrogen-bond acceptors (Lipinski definition) is 4. The van der Waals surface area contributed by atoms with E-state index in [-0.39, 0.29) is 28.5 Å². The van der Waals surface area contributed by atoms with Crippen LogP contribution in [0.1, 0.15) is 34.8 Å². The molecule has 0 spiro atoms. The van der Waals surface area contributed by atoms with Crippen LogP contribution in [0, 0.1) is 0 Å². The summed E-state index contributed by atoms with van der Waals surface area (Å²) in [6, 6.07) is 5.58. The summed E-state index contributed by atoms with van der Waals surface area (Å²) < 4.78 is 38.2. The maximum Gasteiger partial charge on any atom is 0.449 e. The Bertz CT molecular complexity index is 907. The first-order valence-electron chi connectivity index (χ1n) is 7.37. The van der Waals surface area contributed by atoms with E-state index in [2.05, 4.69) is 19.9 Å². The number of alkyl halides is 3. The lowest BCUT2D eigenvalue weighted by Gasteiger charge is -2.24. The van der Waals surface area contributed by atoms with E-state index in [1.165, 1.54) is 29.4 Å². The van der Waals surface area contributed by atoms with E-state index in [4.69, 9.17) is 0 Å². The van der Waals surface area contributed by atoms with Crippen LogP contribution in [0.4, 0.5) is 13.2 Å². The molecule has 25 heavy (non-hydrogen) atoms. The van der Waals surface area contributed by atoms with Crippen LogP contribution in [0.3, 0.4) is 0 Å². The minimum Gasteiger partial charge on any atom is -0.334 e. The fourth-order valence-corrected chi connectivity index (χ4v) is 2.40. The summed E-state index contributed by atoms with van der Waals surface area (Å²) in [5.74, 6) is -1.43. The monoisotopic (exact) mass is 349 g/mol. The molecule has 9 heteroatoms. The van der Waals surface area contributed by atoms with E-state index in [9.17, 15) is 18.0 Å². The Morgan fingerprint density at radius 3 is 2.68 bits per heavy atom. The topological polar surface area (TPSA) is 74.8 Å². The Morgan fingerprint density at radius 1 is 1.28 bits per heavy atom. The first-order valence-corrected chi connectivity index (χ1v) is 7.37. The molecule has 1 atom stereocenters. The van der Waals surface area contributed by atoms with E-state index in [1.807, 2.05) is 0 Å². The van der Waals surface area contributed by atoms with Crippen LogP contribution >= 0.6 is 0 Å². The van der Waals surface area contributed by atoms with E-state index < -0.39 is 12.0 Å². The van der Waals surface area contributed by atoms with Gasteiger partial charge in [-0.3, -0.25) is 4.79 Å². The number of hydrogen-bond donors (Lipinski definition) is 1. The van der Waals surface area contributed by atoms with Gasteiger partial charge in [-0.1, -0.05) is 0 Å². The molecular formula is C16H14F3N5O. The van der Waals surface area contributed by atoms with Crippen molar-refractivity contribution in [2.75, 3.05) is 7.05 Å². The fraction of sp³-hybridized carbons (Fsp3) is 0.250. The number of halogens is 3. The van der Waals surface area contributed by atoms with Crippen molar-refractivity contribution in [3.05, 3.63) is 53.9 Å². The van der Waals surface area contributed by atoms with Crippen molar-refractivity contribution in [3.63, 3.8) is 0 Å². The molecule has 130 valence electrons. The quantitative estimate of drug-likeness (QED) is 0.788. The molecule has 0 saturated carbocycles. The van der Waals surface area contributed by atoms with Gasteiger partial charge in [-0.2, -0.15) is 13.2 Å². The Morgan fingerprint density at radius 2 is 2.04 bits per heavy atom. The average Bonchev–Trinajstić information content (AvgIpc) is 3.04. The van der Waals surface area contributed by atoms with Crippen LogP contribution < -0.4 is 0 Å². The predicted octanol–water partition coefficient (Wildman–Crippen LogP) is 3.20. The molecule has 0 aliphatic carbocycles. The summed E-state index contributed by atoms with van der Waals surface area (Å²) in [7, 11) is 1.60. The average molecular weight is 349 g/mol. The number of imidazole rings is 1. The molecule has 0 saturated heterocycles. The van der Waals surface area contributed by atoms with Crippen LogP contribution in [0.25, 0.3) is 11.0 Å². The lowest BCUT2D eigenvalue weighted by molar-refractivity contribution is -0.144. The van der Waals surface area contributed by atoms with Crippen LogP contribution in [0.5, 0.6) is 0 Å². The molecular weight excluding hydrogens is 335 g/mol. The number of benzene rings is 1. The highest BCUT2D eigenvalue weighted by atomic mass is 19.4. The Kier molecular flexibility index (Phi) is 4.15. The smallest absolute Gasteiger partial charge is 0.334 e. The molecule has 1 N–H and O–H groups in total. The number of rotatable bonds is 3. The van der Waals surface area contributed by atoms with Gasteiger partial charge in [0.2, 0.25) is 5.82 Å². The summed E-state index contributed by atoms with van der Waals surface area (Å²) in [5.41, 5.74) is 1.22. The van der Waals surface area contributed by atoms with Crippen LogP contribution in [0.2, 0.25) is 0 Å². The van der Waals surface area contributed by atoms with Crippen LogP contribution in [-0.2, 0) is 6.18 Å². The molecule has 0 radical (unpaired) electrons. The van der Waals surface area contributed by atoms with Crippen molar-refractivity contribution in [2.24, 2.45) is 0 Å². The van der Waals surface area contributed by atoms with Gasteiger partial charge in [-0.05, 0) is 31.2 Å². The van der Waals surface area contributed by atoms with Crippen LogP contribution in [-0.4, -0.2) is 37.8 Å². The summed E-state index contributed by atoms with van der Waals surface area (Å²) >= 11 is 0. The molecule has 3 aromatic rings. The minimum atomic E-state index is -4.57. The highest BCUT2D eigenvalue weighted by Crippen LogP contribution is 2.29. The normalized spacial score (nSPS) is 13.0. The standard InChI is InChI=1S/C16H14F3N5O/c1-9(11-5-6-20-8-21-11)24(2)14(25)10-3-4-12-13(7-10)23-15(22-12)16(17,18)19/h3-9H,1-2H3,(H,22,23)/t9-/m1/s1. The first kappa shape index (κ1) is 16.9. The van der Waals surface area contributed by atoms with Gasteiger partial charge in [-0.25, -0.2) is 15.0 Å². The van der Waals surface area contributed by atoms with Crippen molar-refractivity contribution in [1.82, 2.24) is 24.8 Å². The number of carbonyl (C=O) groups is 1. The number of H-pyrrole nitrogens is 1. The van der Waals surface area contributed by atoms with Crippen molar-refractivity contribution in [1.29, 1.82) is 0 Å². The maximum absolute atomic E-state index is 12.7. The number of fused-ring (bicyclic) bond motifs is 1. The zero-order valence-corrected chi connectivity index (χ0v) is 13.4. The van der Waals surface area contributed by atoms with Crippen molar-refractivity contribution in [2.45, 2.75) is 19.1 Å². The maximum atomic E-state index is 12.7. The van der Waals surface area contributed by atoms with Crippen LogP contribution in [0.15, 0.2) is 36.8 Å². The molecule has 0 aliphatic heterocycles. The molecule has 2 aromatic heterocycles. The highest BCUT2D eigenvalue weighted by molar-refractivity contribution is 5.97. The zero-order chi connectivity index (χ0) is 18.2. The third-order valence-electron chi connectivity index (χ3n) is 3.93. The van der Waals surface area contributed by atoms with Gasteiger partial charge < -0.3 is 9.88 Å². The number of amides is 1. The molecule has 0 unspecified atom stereocenters. The van der Waals surface area contributed by atoms with Gasteiger partial charge in [-0.15, -0.1) is 0 Å². The molecule has 2 heterocycles. The summed E-state index contributed by atoms with van der Waals surface area (Å²) in [5, 5.41) is 0. The Hall–Kier alpha value is -2.97. The minimum absolute atomic E-state index is 0.148. The van der Waals surface area contributed by atoms with E-state index in [0.717, 1.165) is 0 Å². The third kappa shape index (κ3) is 3.30. The lowest BCUT2D eigenvalue weighted by Crippen LogP contribution is -2.30. The second-order valence-corrected chi connectivity index (χ2v) is 5.54. The highest BCUT2D eigenvalue weighted by Gasteiger charge is 2.34. The SMILES string of the molecule is C[C@H](c1ccncn1)N(C)C(=O)c1ccc2nc(C(F)(F)F)[nH]c2c1. The van der Waals surface area contributed by atoms with Crippen molar-refractivity contribution in [3.8, 4) is 0 Å². The fourth-order valence-electron chi connectivity index (χ4n) is 2.40. The van der Waals surface area contributed by atoms with Gasteiger partial charge in [0.1, 0.15) is 6.33 Å². The first-order chi connectivity index (χ1) is 11.8. The number of aromatic amines is 1. The van der Waals surface area contributed by atoms with E-state index in [0.29, 0.717) is 5.69 Å².